The topological polar surface area (TPSA) is 86.1 Å². The monoisotopic (exact) mass is 766 g/mol. The minimum Gasteiger partial charge on any atom is -0.381 e. The van der Waals surface area contributed by atoms with E-state index in [0.29, 0.717) is 42.2 Å². The molecular formula is C47H79N3O5. The van der Waals surface area contributed by atoms with Crippen LogP contribution in [0.5, 0.6) is 0 Å². The van der Waals surface area contributed by atoms with Gasteiger partial charge in [-0.05, 0) is 208 Å². The van der Waals surface area contributed by atoms with Gasteiger partial charge in [0, 0.05) is 50.7 Å². The van der Waals surface area contributed by atoms with Gasteiger partial charge >= 0.3 is 0 Å². The largest absolute Gasteiger partial charge is 0.381 e. The summed E-state index contributed by atoms with van der Waals surface area (Å²) < 4.78 is 17.3. The van der Waals surface area contributed by atoms with Crippen LogP contribution in [0, 0.1) is 57.5 Å². The molecule has 0 aromatic carbocycles. The number of hydrogen-bond donors (Lipinski definition) is 1. The molecule has 5 atom stereocenters. The number of fused-ring (bicyclic) bond motifs is 1. The van der Waals surface area contributed by atoms with E-state index in [2.05, 4.69) is 10.2 Å². The molecular weight excluding hydrogens is 687 g/mol. The predicted molar refractivity (Wildman–Crippen MR) is 219 cm³/mol. The highest BCUT2D eigenvalue weighted by molar-refractivity contribution is 5.30. The number of methoxy groups -OCH3 is 3. The third-order valence-electron chi connectivity index (χ3n) is 18.0. The van der Waals surface area contributed by atoms with E-state index in [9.17, 15) is 10.1 Å². The maximum atomic E-state index is 12.6. The summed E-state index contributed by atoms with van der Waals surface area (Å²) in [6, 6.07) is 0.628. The molecule has 8 aliphatic rings. The van der Waals surface area contributed by atoms with Gasteiger partial charge in [-0.15, -0.1) is 0 Å². The molecule has 8 nitrogen and oxygen atoms in total. The lowest BCUT2D eigenvalue weighted by atomic mass is 9.64. The first kappa shape index (κ1) is 40.4. The van der Waals surface area contributed by atoms with Crippen LogP contribution in [0.25, 0.3) is 0 Å². The molecule has 7 fully saturated rings. The highest BCUT2D eigenvalue weighted by Crippen LogP contribution is 2.55. The number of nitrogens with one attached hydrogen (secondary N) is 1. The first-order chi connectivity index (χ1) is 26.9. The third-order valence-corrected chi connectivity index (χ3v) is 18.0. The average Bonchev–Trinajstić information content (AvgIpc) is 3.56. The molecule has 0 radical (unpaired) electrons. The second kappa shape index (κ2) is 18.7. The van der Waals surface area contributed by atoms with Crippen molar-refractivity contribution in [2.24, 2.45) is 47.3 Å². The van der Waals surface area contributed by atoms with E-state index in [-0.39, 0.29) is 11.0 Å². The Balaban J connectivity index is 1.06. The molecule has 1 heterocycles. The molecule has 312 valence electrons. The van der Waals surface area contributed by atoms with E-state index in [4.69, 9.17) is 14.2 Å². The first-order valence-electron chi connectivity index (χ1n) is 23.9. The molecule has 0 aromatic rings. The van der Waals surface area contributed by atoms with Crippen molar-refractivity contribution in [3.05, 3.63) is 21.5 Å². The molecule has 0 spiro atoms. The zero-order valence-electron chi connectivity index (χ0n) is 35.2. The van der Waals surface area contributed by atoms with Crippen molar-refractivity contribution in [3.63, 3.8) is 0 Å². The molecule has 55 heavy (non-hydrogen) atoms. The van der Waals surface area contributed by atoms with E-state index in [1.54, 1.807) is 5.57 Å². The number of ether oxygens (including phenoxy) is 3. The van der Waals surface area contributed by atoms with Crippen molar-refractivity contribution in [1.82, 2.24) is 10.2 Å². The Bertz CT molecular complexity index is 1250. The second-order valence-electron chi connectivity index (χ2n) is 20.3. The Morgan fingerprint density at radius 2 is 0.982 bits per heavy atom. The van der Waals surface area contributed by atoms with Gasteiger partial charge < -0.3 is 24.4 Å². The van der Waals surface area contributed by atoms with Gasteiger partial charge in [0.05, 0.1) is 24.4 Å². The summed E-state index contributed by atoms with van der Waals surface area (Å²) in [6.07, 6.45) is 35.2. The highest BCUT2D eigenvalue weighted by Gasteiger charge is 2.51. The maximum Gasteiger partial charge on any atom is 0.232 e. The van der Waals surface area contributed by atoms with E-state index < -0.39 is 6.04 Å². The van der Waals surface area contributed by atoms with Crippen LogP contribution in [-0.2, 0) is 14.2 Å². The quantitative estimate of drug-likeness (QED) is 0.166. The normalized spacial score (nSPS) is 44.6. The van der Waals surface area contributed by atoms with Crippen LogP contribution in [-0.4, -0.2) is 73.6 Å². The Kier molecular flexibility index (Phi) is 13.7. The van der Waals surface area contributed by atoms with Crippen LogP contribution < -0.4 is 5.32 Å². The van der Waals surface area contributed by atoms with E-state index in [1.807, 2.05) is 21.3 Å². The van der Waals surface area contributed by atoms with E-state index >= 15 is 0 Å². The van der Waals surface area contributed by atoms with Crippen molar-refractivity contribution in [2.45, 2.75) is 216 Å². The van der Waals surface area contributed by atoms with E-state index in [1.165, 1.54) is 153 Å². The van der Waals surface area contributed by atoms with Gasteiger partial charge in [-0.3, -0.25) is 10.1 Å². The maximum absolute atomic E-state index is 12.6. The van der Waals surface area contributed by atoms with Gasteiger partial charge in [-0.25, -0.2) is 0 Å². The zero-order chi connectivity index (χ0) is 37.9. The van der Waals surface area contributed by atoms with Crippen molar-refractivity contribution >= 4 is 0 Å². The molecule has 1 N–H and O–H groups in total. The lowest BCUT2D eigenvalue weighted by molar-refractivity contribution is -0.529. The zero-order valence-corrected chi connectivity index (χ0v) is 35.2. The Labute approximate surface area is 334 Å². The van der Waals surface area contributed by atoms with Crippen LogP contribution >= 0.6 is 0 Å². The fourth-order valence-corrected chi connectivity index (χ4v) is 14.7. The van der Waals surface area contributed by atoms with Gasteiger partial charge in [0.2, 0.25) is 6.04 Å². The summed E-state index contributed by atoms with van der Waals surface area (Å²) in [5, 5.41) is 16.8. The standard InChI is InChI=1S/C47H79N3O5/c1-53-39-23-14-33(15-24-39)31-8-10-36(11-9-31)46-42-30-37(35-18-27-41(55-3)28-19-35)20-29-44(42)49(47(46)48-43-6-4-5-7-45(43)50(51)52)38-21-12-32(13-22-38)34-16-25-40(54-2)26-17-34/h31-45,48H,4-30H2,1-3H3. The molecule has 0 bridgehead atoms. The molecule has 8 heteroatoms. The van der Waals surface area contributed by atoms with Gasteiger partial charge in [0.25, 0.3) is 0 Å². The Hall–Kier alpha value is -1.38. The van der Waals surface area contributed by atoms with E-state index in [0.717, 1.165) is 61.2 Å². The smallest absolute Gasteiger partial charge is 0.232 e. The van der Waals surface area contributed by atoms with Gasteiger partial charge in [-0.2, -0.15) is 0 Å². The molecule has 1 aliphatic heterocycles. The summed E-state index contributed by atoms with van der Waals surface area (Å²) in [7, 11) is 5.70. The first-order valence-corrected chi connectivity index (χ1v) is 23.9. The Morgan fingerprint density at radius 1 is 0.545 bits per heavy atom. The molecule has 5 unspecified atom stereocenters. The van der Waals surface area contributed by atoms with Crippen molar-refractivity contribution in [2.75, 3.05) is 21.3 Å². The molecule has 0 amide bonds. The lowest BCUT2D eigenvalue weighted by Gasteiger charge is -2.47. The van der Waals surface area contributed by atoms with Gasteiger partial charge in [0.1, 0.15) is 5.82 Å². The fraction of sp³-hybridized carbons (Fsp3) is 0.957. The molecule has 7 saturated carbocycles. The number of hydrogen-bond acceptors (Lipinski definition) is 7. The number of nitro groups is 1. The van der Waals surface area contributed by atoms with Crippen LogP contribution in [0.15, 0.2) is 11.4 Å². The summed E-state index contributed by atoms with van der Waals surface area (Å²) in [4.78, 5) is 15.6. The Morgan fingerprint density at radius 3 is 1.47 bits per heavy atom. The minimum absolute atomic E-state index is 0.0452. The van der Waals surface area contributed by atoms with Crippen molar-refractivity contribution < 1.29 is 19.1 Å². The summed E-state index contributed by atoms with van der Waals surface area (Å²) in [5.74, 6) is 7.77. The van der Waals surface area contributed by atoms with Crippen molar-refractivity contribution in [3.8, 4) is 0 Å². The summed E-state index contributed by atoms with van der Waals surface area (Å²) in [6.45, 7) is 0. The molecule has 0 aromatic heterocycles. The SMILES string of the molecule is COC1CCC(C2CCC(C3=C(NC4CCCCC4[N+](=O)[O-])N(C4CCC(C5CCC(OC)CC5)CC4)C4CCC(C5CCC(OC)CC5)CC34)CC2)CC1. The average molecular weight is 766 g/mol. The molecule has 0 saturated heterocycles. The highest BCUT2D eigenvalue weighted by atomic mass is 16.6. The van der Waals surface area contributed by atoms with Gasteiger partial charge in [0.15, 0.2) is 0 Å². The second-order valence-corrected chi connectivity index (χ2v) is 20.3. The van der Waals surface area contributed by atoms with Crippen LogP contribution in [0.2, 0.25) is 0 Å². The minimum atomic E-state index is -0.466. The van der Waals surface area contributed by atoms with Gasteiger partial charge in [-0.1, -0.05) is 6.42 Å². The van der Waals surface area contributed by atoms with Crippen LogP contribution in [0.3, 0.4) is 0 Å². The van der Waals surface area contributed by atoms with Crippen molar-refractivity contribution in [1.29, 1.82) is 0 Å². The summed E-state index contributed by atoms with van der Waals surface area (Å²) in [5.41, 5.74) is 1.76. The van der Waals surface area contributed by atoms with Crippen LogP contribution in [0.4, 0.5) is 0 Å². The number of rotatable bonds is 11. The van der Waals surface area contributed by atoms with Crippen LogP contribution in [0.1, 0.15) is 173 Å². The third kappa shape index (κ3) is 8.97. The fourth-order valence-electron chi connectivity index (χ4n) is 14.7. The number of nitrogens with zero attached hydrogens (tertiary/aromatic N) is 2. The predicted octanol–water partition coefficient (Wildman–Crippen LogP) is 10.5. The lowest BCUT2D eigenvalue weighted by Crippen LogP contribution is -2.52. The molecule has 7 aliphatic carbocycles. The molecule has 8 rings (SSSR count). The summed E-state index contributed by atoms with van der Waals surface area (Å²) >= 11 is 0.